The molecule has 5 rings (SSSR count). The number of hydrogen-bond donors (Lipinski definition) is 1. The van der Waals surface area contributed by atoms with Crippen molar-refractivity contribution in [3.8, 4) is 16.9 Å². The Bertz CT molecular complexity index is 1470. The van der Waals surface area contributed by atoms with E-state index in [1.165, 1.54) is 17.7 Å². The number of amides is 1. The molecule has 6 heteroatoms. The lowest BCUT2D eigenvalue weighted by Crippen LogP contribution is -2.23. The van der Waals surface area contributed by atoms with E-state index in [2.05, 4.69) is 10.4 Å². The molecule has 0 saturated carbocycles. The van der Waals surface area contributed by atoms with Crippen LogP contribution in [0.5, 0.6) is 0 Å². The molecule has 0 aliphatic rings. The average Bonchev–Trinajstić information content (AvgIpc) is 3.28. The molecule has 3 aromatic carbocycles. The Balaban J connectivity index is 1.56. The summed E-state index contributed by atoms with van der Waals surface area (Å²) in [6, 6.07) is 23.9. The number of nitrogens with one attached hydrogen (secondary N) is 1. The number of benzene rings is 3. The first-order chi connectivity index (χ1) is 16.5. The van der Waals surface area contributed by atoms with Gasteiger partial charge in [-0.25, -0.2) is 14.1 Å². The molecule has 5 nitrogen and oxygen atoms in total. The minimum atomic E-state index is -0.323. The molecule has 0 atom stereocenters. The Hall–Kier alpha value is -4.32. The lowest BCUT2D eigenvalue weighted by Gasteiger charge is -2.09. The summed E-state index contributed by atoms with van der Waals surface area (Å²) >= 11 is 0. The molecular formula is C28H23FN4O. The number of pyridine rings is 1. The Kier molecular flexibility index (Phi) is 5.64. The number of hydrogen-bond acceptors (Lipinski definition) is 3. The van der Waals surface area contributed by atoms with Crippen LogP contribution in [0.3, 0.4) is 0 Å². The van der Waals surface area contributed by atoms with Crippen molar-refractivity contribution in [1.82, 2.24) is 20.1 Å². The van der Waals surface area contributed by atoms with Gasteiger partial charge in [-0.05, 0) is 49.7 Å². The van der Waals surface area contributed by atoms with Crippen molar-refractivity contribution in [1.29, 1.82) is 0 Å². The van der Waals surface area contributed by atoms with Crippen LogP contribution in [0.2, 0.25) is 0 Å². The Morgan fingerprint density at radius 2 is 1.56 bits per heavy atom. The van der Waals surface area contributed by atoms with Gasteiger partial charge < -0.3 is 5.32 Å². The van der Waals surface area contributed by atoms with Crippen LogP contribution in [0.25, 0.3) is 28.0 Å². The van der Waals surface area contributed by atoms with Gasteiger partial charge in [-0.1, -0.05) is 59.7 Å². The summed E-state index contributed by atoms with van der Waals surface area (Å²) < 4.78 is 15.0. The highest BCUT2D eigenvalue weighted by atomic mass is 19.1. The molecule has 34 heavy (non-hydrogen) atoms. The van der Waals surface area contributed by atoms with Crippen LogP contribution < -0.4 is 5.32 Å². The summed E-state index contributed by atoms with van der Waals surface area (Å²) in [4.78, 5) is 18.0. The summed E-state index contributed by atoms with van der Waals surface area (Å²) in [6.07, 6.45) is 1.76. The maximum atomic E-state index is 13.4. The van der Waals surface area contributed by atoms with Crippen molar-refractivity contribution >= 4 is 16.9 Å². The highest BCUT2D eigenvalue weighted by molar-refractivity contribution is 6.06. The number of rotatable bonds is 5. The van der Waals surface area contributed by atoms with Crippen LogP contribution in [0, 0.1) is 19.7 Å². The highest BCUT2D eigenvalue weighted by Gasteiger charge is 2.17. The van der Waals surface area contributed by atoms with Crippen molar-refractivity contribution in [3.63, 3.8) is 0 Å². The molecule has 2 aromatic heterocycles. The minimum absolute atomic E-state index is 0.208. The molecule has 0 aliphatic carbocycles. The number of fused-ring (bicyclic) bond motifs is 1. The van der Waals surface area contributed by atoms with E-state index in [9.17, 15) is 9.18 Å². The van der Waals surface area contributed by atoms with Gasteiger partial charge in [0.2, 0.25) is 0 Å². The second-order valence-corrected chi connectivity index (χ2v) is 8.38. The Labute approximate surface area is 196 Å². The third kappa shape index (κ3) is 4.43. The second kappa shape index (κ2) is 8.90. The molecule has 1 amide bonds. The first-order valence-electron chi connectivity index (χ1n) is 11.0. The lowest BCUT2D eigenvalue weighted by molar-refractivity contribution is 0.0952. The SMILES string of the molecule is Cc1ccc(CNC(=O)c2cc(-c3ccc(C)cc3)nc3nn(-c4ccc(F)cc4)cc23)cc1. The molecule has 0 fully saturated rings. The van der Waals surface area contributed by atoms with E-state index in [4.69, 9.17) is 4.98 Å². The summed E-state index contributed by atoms with van der Waals surface area (Å²) in [6.45, 7) is 4.46. The Morgan fingerprint density at radius 1 is 0.912 bits per heavy atom. The van der Waals surface area contributed by atoms with Crippen molar-refractivity contribution < 1.29 is 9.18 Å². The highest BCUT2D eigenvalue weighted by Crippen LogP contribution is 2.26. The smallest absolute Gasteiger partial charge is 0.252 e. The maximum absolute atomic E-state index is 13.4. The molecule has 0 bridgehead atoms. The molecule has 0 saturated heterocycles. The van der Waals surface area contributed by atoms with E-state index in [1.807, 2.05) is 62.4 Å². The maximum Gasteiger partial charge on any atom is 0.252 e. The fourth-order valence-corrected chi connectivity index (χ4v) is 3.77. The van der Waals surface area contributed by atoms with E-state index >= 15 is 0 Å². The van der Waals surface area contributed by atoms with Gasteiger partial charge in [0.05, 0.1) is 22.3 Å². The van der Waals surface area contributed by atoms with Crippen LogP contribution in [0.15, 0.2) is 85.1 Å². The number of halogens is 1. The Morgan fingerprint density at radius 3 is 2.24 bits per heavy atom. The predicted molar refractivity (Wildman–Crippen MR) is 131 cm³/mol. The lowest BCUT2D eigenvalue weighted by atomic mass is 10.0. The van der Waals surface area contributed by atoms with Gasteiger partial charge in [0.15, 0.2) is 5.65 Å². The van der Waals surface area contributed by atoms with Gasteiger partial charge in [0.25, 0.3) is 5.91 Å². The predicted octanol–water partition coefficient (Wildman–Crippen LogP) is 5.77. The molecule has 0 spiro atoms. The van der Waals surface area contributed by atoms with Gasteiger partial charge in [0.1, 0.15) is 5.82 Å². The molecule has 0 radical (unpaired) electrons. The molecule has 0 unspecified atom stereocenters. The van der Waals surface area contributed by atoms with E-state index < -0.39 is 0 Å². The van der Waals surface area contributed by atoms with Gasteiger partial charge in [-0.15, -0.1) is 5.10 Å². The van der Waals surface area contributed by atoms with Crippen molar-refractivity contribution in [2.24, 2.45) is 0 Å². The molecule has 0 aliphatic heterocycles. The van der Waals surface area contributed by atoms with E-state index in [0.29, 0.717) is 34.5 Å². The number of aryl methyl sites for hydroxylation is 2. The average molecular weight is 451 g/mol. The fraction of sp³-hybridized carbons (Fsp3) is 0.107. The molecule has 168 valence electrons. The molecule has 1 N–H and O–H groups in total. The summed E-state index contributed by atoms with van der Waals surface area (Å²) in [7, 11) is 0. The van der Waals surface area contributed by atoms with Crippen LogP contribution in [0.4, 0.5) is 4.39 Å². The number of carbonyl (C=O) groups excluding carboxylic acids is 1. The first-order valence-corrected chi connectivity index (χ1v) is 11.0. The number of aromatic nitrogens is 3. The number of nitrogens with zero attached hydrogens (tertiary/aromatic N) is 3. The van der Waals surface area contributed by atoms with E-state index in [-0.39, 0.29) is 11.7 Å². The van der Waals surface area contributed by atoms with Crippen LogP contribution >= 0.6 is 0 Å². The minimum Gasteiger partial charge on any atom is -0.348 e. The standard InChI is InChI=1S/C28H23FN4O/c1-18-3-7-20(8-4-18)16-30-28(34)24-15-26(21-9-5-19(2)6-10-21)31-27-25(24)17-33(32-27)23-13-11-22(29)12-14-23/h3-15,17H,16H2,1-2H3,(H,30,34). The van der Waals surface area contributed by atoms with Crippen molar-refractivity contribution in [3.05, 3.63) is 113 Å². The molecule has 2 heterocycles. The zero-order chi connectivity index (χ0) is 23.7. The van der Waals surface area contributed by atoms with Gasteiger partial charge in [0, 0.05) is 18.3 Å². The second-order valence-electron chi connectivity index (χ2n) is 8.38. The van der Waals surface area contributed by atoms with E-state index in [0.717, 1.165) is 16.7 Å². The van der Waals surface area contributed by atoms with Gasteiger partial charge >= 0.3 is 0 Å². The van der Waals surface area contributed by atoms with Crippen LogP contribution in [-0.2, 0) is 6.54 Å². The van der Waals surface area contributed by atoms with Crippen LogP contribution in [-0.4, -0.2) is 20.7 Å². The normalized spacial score (nSPS) is 11.0. The van der Waals surface area contributed by atoms with E-state index in [1.54, 1.807) is 29.1 Å². The summed E-state index contributed by atoms with van der Waals surface area (Å²) in [5.74, 6) is -0.531. The monoisotopic (exact) mass is 450 g/mol. The fourth-order valence-electron chi connectivity index (χ4n) is 3.77. The van der Waals surface area contributed by atoms with Crippen LogP contribution in [0.1, 0.15) is 27.0 Å². The zero-order valence-corrected chi connectivity index (χ0v) is 18.9. The van der Waals surface area contributed by atoms with Gasteiger partial charge in [-0.2, -0.15) is 0 Å². The van der Waals surface area contributed by atoms with Gasteiger partial charge in [-0.3, -0.25) is 4.79 Å². The first kappa shape index (κ1) is 21.5. The third-order valence-electron chi connectivity index (χ3n) is 5.75. The third-order valence-corrected chi connectivity index (χ3v) is 5.75. The number of carbonyl (C=O) groups is 1. The molecule has 5 aromatic rings. The zero-order valence-electron chi connectivity index (χ0n) is 18.9. The topological polar surface area (TPSA) is 59.8 Å². The summed E-state index contributed by atoms with van der Waals surface area (Å²) in [5.41, 5.74) is 6.51. The quantitative estimate of drug-likeness (QED) is 0.370. The summed E-state index contributed by atoms with van der Waals surface area (Å²) in [5, 5.41) is 8.23. The molecular weight excluding hydrogens is 427 g/mol. The van der Waals surface area contributed by atoms with Crippen molar-refractivity contribution in [2.45, 2.75) is 20.4 Å². The largest absolute Gasteiger partial charge is 0.348 e. The van der Waals surface area contributed by atoms with Crippen molar-refractivity contribution in [2.75, 3.05) is 0 Å².